The van der Waals surface area contributed by atoms with E-state index in [9.17, 15) is 28.5 Å². The zero-order valence-electron chi connectivity index (χ0n) is 39.0. The molecule has 0 aromatic carbocycles. The van der Waals surface area contributed by atoms with Crippen molar-refractivity contribution in [1.29, 1.82) is 0 Å². The summed E-state index contributed by atoms with van der Waals surface area (Å²) in [4.78, 5) is 12.9. The van der Waals surface area contributed by atoms with E-state index >= 15 is 0 Å². The van der Waals surface area contributed by atoms with E-state index in [4.69, 9.17) is 23.5 Å². The summed E-state index contributed by atoms with van der Waals surface area (Å²) in [6.07, 6.45) is 34.3. The summed E-state index contributed by atoms with van der Waals surface area (Å²) in [5.74, 6) is -0.392. The fourth-order valence-electron chi connectivity index (χ4n) is 8.15. The molecule has 1 fully saturated rings. The van der Waals surface area contributed by atoms with Gasteiger partial charge in [-0.25, -0.2) is 4.18 Å². The maximum Gasteiger partial charge on any atom is 0.397 e. The van der Waals surface area contributed by atoms with Gasteiger partial charge in [-0.3, -0.25) is 9.35 Å². The molecule has 13 heteroatoms. The van der Waals surface area contributed by atoms with Crippen LogP contribution in [-0.2, 0) is 38.3 Å². The van der Waals surface area contributed by atoms with E-state index < -0.39 is 59.8 Å². The average Bonchev–Trinajstić information content (AvgIpc) is 3.23. The Morgan fingerprint density at radius 1 is 0.557 bits per heavy atom. The summed E-state index contributed by atoms with van der Waals surface area (Å²) in [7, 11) is -5.06. The standard InChI is InChI=1S/C48H94O12S/c1-3-5-7-9-11-13-15-17-18-19-20-21-22-23-24-25-26-27-29-31-33-35-37-44(50)58-42(40-56-38-36-34-32-30-28-16-14-12-10-8-6-4-2)41-57-48-46(52)47(60-61(53,54)55)45(51)43(39-49)59-48/h42-43,45-49,51-52H,3-41H2,1-2H3,(H,53,54,55). The van der Waals surface area contributed by atoms with Crippen molar-refractivity contribution in [1.82, 2.24) is 0 Å². The topological polar surface area (TPSA) is 178 Å². The van der Waals surface area contributed by atoms with Crippen molar-refractivity contribution < 1.29 is 56.2 Å². The van der Waals surface area contributed by atoms with Crippen LogP contribution in [0.2, 0.25) is 0 Å². The molecule has 0 aliphatic carbocycles. The molecule has 0 radical (unpaired) electrons. The van der Waals surface area contributed by atoms with Crippen LogP contribution in [-0.4, -0.2) is 97.5 Å². The second kappa shape index (κ2) is 40.6. The van der Waals surface area contributed by atoms with E-state index in [0.717, 1.165) is 38.5 Å². The smallest absolute Gasteiger partial charge is 0.397 e. The molecule has 61 heavy (non-hydrogen) atoms. The Kier molecular flexibility index (Phi) is 38.7. The number of ether oxygens (including phenoxy) is 4. The molecule has 0 bridgehead atoms. The van der Waals surface area contributed by atoms with Crippen molar-refractivity contribution >= 4 is 16.4 Å². The summed E-state index contributed by atoms with van der Waals surface area (Å²) in [6, 6.07) is 0. The van der Waals surface area contributed by atoms with Crippen molar-refractivity contribution in [3.05, 3.63) is 0 Å². The first-order chi connectivity index (χ1) is 29.6. The van der Waals surface area contributed by atoms with Gasteiger partial charge in [0.05, 0.1) is 19.8 Å². The fourth-order valence-corrected chi connectivity index (χ4v) is 8.65. The Balaban J connectivity index is 2.31. The summed E-state index contributed by atoms with van der Waals surface area (Å²) in [6.45, 7) is 4.04. The molecular formula is C48H94O12S. The number of esters is 1. The lowest BCUT2D eigenvalue weighted by molar-refractivity contribution is -0.301. The molecule has 6 unspecified atom stereocenters. The molecule has 1 aliphatic heterocycles. The molecule has 1 aliphatic rings. The minimum Gasteiger partial charge on any atom is -0.457 e. The second-order valence-corrected chi connectivity index (χ2v) is 18.8. The summed E-state index contributed by atoms with van der Waals surface area (Å²) >= 11 is 0. The molecule has 4 N–H and O–H groups in total. The molecule has 0 spiro atoms. The molecule has 1 saturated heterocycles. The SMILES string of the molecule is CCCCCCCCCCCCCCCCCCCCCCCCC(=O)OC(COCCCCCCCCCCCCCC)COC1OC(CO)C(O)C(OS(=O)(=O)O)C1O. The minimum atomic E-state index is -5.06. The highest BCUT2D eigenvalue weighted by Gasteiger charge is 2.48. The van der Waals surface area contributed by atoms with Gasteiger partial charge < -0.3 is 34.3 Å². The molecule has 0 saturated carbocycles. The largest absolute Gasteiger partial charge is 0.457 e. The van der Waals surface area contributed by atoms with Gasteiger partial charge in [0.1, 0.15) is 30.5 Å². The zero-order chi connectivity index (χ0) is 44.7. The molecular weight excluding hydrogens is 801 g/mol. The van der Waals surface area contributed by atoms with Crippen molar-refractivity contribution in [3.63, 3.8) is 0 Å². The maximum absolute atomic E-state index is 12.9. The van der Waals surface area contributed by atoms with E-state index in [1.165, 1.54) is 173 Å². The number of rotatable bonds is 45. The first-order valence-electron chi connectivity index (χ1n) is 25.3. The normalized spacial score (nSPS) is 20.0. The lowest BCUT2D eigenvalue weighted by atomic mass is 9.99. The molecule has 0 aromatic heterocycles. The molecule has 1 rings (SSSR count). The molecule has 364 valence electrons. The van der Waals surface area contributed by atoms with Crippen LogP contribution >= 0.6 is 0 Å². The monoisotopic (exact) mass is 895 g/mol. The third-order valence-corrected chi connectivity index (χ3v) is 12.4. The predicted octanol–water partition coefficient (Wildman–Crippen LogP) is 11.3. The Morgan fingerprint density at radius 2 is 0.934 bits per heavy atom. The van der Waals surface area contributed by atoms with Gasteiger partial charge in [-0.15, -0.1) is 0 Å². The average molecular weight is 895 g/mol. The Bertz CT molecular complexity index is 1080. The highest BCUT2D eigenvalue weighted by atomic mass is 32.3. The van der Waals surface area contributed by atoms with Crippen molar-refractivity contribution in [2.24, 2.45) is 0 Å². The summed E-state index contributed by atoms with van der Waals surface area (Å²) < 4.78 is 59.1. The van der Waals surface area contributed by atoms with Gasteiger partial charge in [-0.1, -0.05) is 219 Å². The number of aliphatic hydroxyl groups is 3. The van der Waals surface area contributed by atoms with E-state index in [1.54, 1.807) is 0 Å². The van der Waals surface area contributed by atoms with E-state index in [1.807, 2.05) is 0 Å². The van der Waals surface area contributed by atoms with Crippen molar-refractivity contribution in [3.8, 4) is 0 Å². The van der Waals surface area contributed by atoms with E-state index in [-0.39, 0.29) is 19.6 Å². The maximum atomic E-state index is 12.9. The van der Waals surface area contributed by atoms with Crippen molar-refractivity contribution in [2.45, 2.75) is 275 Å². The van der Waals surface area contributed by atoms with Gasteiger partial charge in [0.2, 0.25) is 0 Å². The third kappa shape index (κ3) is 34.2. The second-order valence-electron chi connectivity index (χ2n) is 17.8. The number of carbonyl (C=O) groups excluding carboxylic acids is 1. The highest BCUT2D eigenvalue weighted by molar-refractivity contribution is 7.80. The number of unbranched alkanes of at least 4 members (excludes halogenated alkanes) is 32. The fraction of sp³-hybridized carbons (Fsp3) is 0.979. The third-order valence-electron chi connectivity index (χ3n) is 12.0. The molecule has 6 atom stereocenters. The van der Waals surface area contributed by atoms with E-state index in [2.05, 4.69) is 18.0 Å². The number of aliphatic hydroxyl groups excluding tert-OH is 3. The van der Waals surface area contributed by atoms with Crippen LogP contribution in [0, 0.1) is 0 Å². The van der Waals surface area contributed by atoms with Gasteiger partial charge in [-0.05, 0) is 12.8 Å². The van der Waals surface area contributed by atoms with Gasteiger partial charge in [0, 0.05) is 13.0 Å². The highest BCUT2D eigenvalue weighted by Crippen LogP contribution is 2.26. The Morgan fingerprint density at radius 3 is 1.31 bits per heavy atom. The zero-order valence-corrected chi connectivity index (χ0v) is 39.8. The van der Waals surface area contributed by atoms with Gasteiger partial charge in [0.25, 0.3) is 0 Å². The Labute approximate surface area is 373 Å². The quantitative estimate of drug-likeness (QED) is 0.0259. The van der Waals surface area contributed by atoms with Gasteiger partial charge >= 0.3 is 16.4 Å². The van der Waals surface area contributed by atoms with Crippen molar-refractivity contribution in [2.75, 3.05) is 26.4 Å². The molecule has 1 heterocycles. The predicted molar refractivity (Wildman–Crippen MR) is 244 cm³/mol. The van der Waals surface area contributed by atoms with E-state index in [0.29, 0.717) is 13.0 Å². The van der Waals surface area contributed by atoms with Crippen LogP contribution in [0.4, 0.5) is 0 Å². The summed E-state index contributed by atoms with van der Waals surface area (Å²) in [5.41, 5.74) is 0. The van der Waals surface area contributed by atoms with Crippen LogP contribution in [0.25, 0.3) is 0 Å². The van der Waals surface area contributed by atoms with Crippen LogP contribution in [0.15, 0.2) is 0 Å². The van der Waals surface area contributed by atoms with Gasteiger partial charge in [0.15, 0.2) is 6.29 Å². The lowest BCUT2D eigenvalue weighted by Crippen LogP contribution is -2.60. The van der Waals surface area contributed by atoms with Crippen LogP contribution in [0.1, 0.15) is 239 Å². The van der Waals surface area contributed by atoms with Crippen LogP contribution in [0.5, 0.6) is 0 Å². The number of hydrogen-bond donors (Lipinski definition) is 4. The van der Waals surface area contributed by atoms with Crippen LogP contribution < -0.4 is 0 Å². The Hall–Kier alpha value is -0.900. The molecule has 0 amide bonds. The molecule has 0 aromatic rings. The minimum absolute atomic E-state index is 0.0446. The lowest BCUT2D eigenvalue weighted by Gasteiger charge is -2.41. The number of hydrogen-bond acceptors (Lipinski definition) is 11. The van der Waals surface area contributed by atoms with Gasteiger partial charge in [-0.2, -0.15) is 8.42 Å². The first kappa shape index (κ1) is 58.1. The molecule has 12 nitrogen and oxygen atoms in total. The van der Waals surface area contributed by atoms with Crippen LogP contribution in [0.3, 0.4) is 0 Å². The summed E-state index contributed by atoms with van der Waals surface area (Å²) in [5, 5.41) is 30.7. The first-order valence-corrected chi connectivity index (χ1v) is 26.7. The number of carbonyl (C=O) groups is 1.